The third-order valence-electron chi connectivity index (χ3n) is 4.64. The fourth-order valence-corrected chi connectivity index (χ4v) is 3.22. The molecule has 0 amide bonds. The Kier molecular flexibility index (Phi) is 5.07. The smallest absolute Gasteiger partial charge is 0.333 e. The van der Waals surface area contributed by atoms with Crippen molar-refractivity contribution in [1.29, 1.82) is 0 Å². The zero-order chi connectivity index (χ0) is 15.5. The Bertz CT molecular complexity index is 413. The second-order valence-corrected chi connectivity index (χ2v) is 6.74. The summed E-state index contributed by atoms with van der Waals surface area (Å²) in [5, 5.41) is 0. The van der Waals surface area contributed by atoms with Crippen LogP contribution in [0, 0.1) is 5.92 Å². The standard InChI is InChI=1S/C17H26O4/c1-12(2)15(18)20-14-8-6-13(7-9-14)16(19)21-17(3)10-4-5-11-17/h13-14H,1,4-11H2,2-3H3. The summed E-state index contributed by atoms with van der Waals surface area (Å²) in [6.45, 7) is 7.27. The van der Waals surface area contributed by atoms with E-state index in [0.717, 1.165) is 51.4 Å². The number of esters is 2. The molecule has 0 unspecified atom stereocenters. The van der Waals surface area contributed by atoms with Crippen LogP contribution in [0.1, 0.15) is 65.2 Å². The predicted molar refractivity (Wildman–Crippen MR) is 79.6 cm³/mol. The van der Waals surface area contributed by atoms with Gasteiger partial charge in [-0.05, 0) is 65.2 Å². The van der Waals surface area contributed by atoms with Crippen LogP contribution in [0.3, 0.4) is 0 Å². The number of hydrogen-bond donors (Lipinski definition) is 0. The van der Waals surface area contributed by atoms with Crippen LogP contribution < -0.4 is 0 Å². The maximum Gasteiger partial charge on any atom is 0.333 e. The van der Waals surface area contributed by atoms with Gasteiger partial charge < -0.3 is 9.47 Å². The first kappa shape index (κ1) is 16.1. The lowest BCUT2D eigenvalue weighted by Gasteiger charge is -2.31. The summed E-state index contributed by atoms with van der Waals surface area (Å²) in [7, 11) is 0. The third kappa shape index (κ3) is 4.32. The number of rotatable bonds is 4. The van der Waals surface area contributed by atoms with E-state index in [9.17, 15) is 9.59 Å². The zero-order valence-corrected chi connectivity index (χ0v) is 13.2. The number of hydrogen-bond acceptors (Lipinski definition) is 4. The van der Waals surface area contributed by atoms with E-state index in [0.29, 0.717) is 5.57 Å². The van der Waals surface area contributed by atoms with Gasteiger partial charge in [-0.3, -0.25) is 4.79 Å². The molecule has 0 atom stereocenters. The fourth-order valence-electron chi connectivity index (χ4n) is 3.22. The van der Waals surface area contributed by atoms with Gasteiger partial charge in [-0.15, -0.1) is 0 Å². The highest BCUT2D eigenvalue weighted by atomic mass is 16.6. The molecule has 4 nitrogen and oxygen atoms in total. The van der Waals surface area contributed by atoms with Gasteiger partial charge in [-0.1, -0.05) is 6.58 Å². The quantitative estimate of drug-likeness (QED) is 0.588. The van der Waals surface area contributed by atoms with Gasteiger partial charge >= 0.3 is 11.9 Å². The average molecular weight is 294 g/mol. The van der Waals surface area contributed by atoms with Crippen molar-refractivity contribution in [2.24, 2.45) is 5.92 Å². The Morgan fingerprint density at radius 1 is 1.10 bits per heavy atom. The van der Waals surface area contributed by atoms with E-state index in [-0.39, 0.29) is 29.6 Å². The topological polar surface area (TPSA) is 52.6 Å². The molecule has 4 heteroatoms. The first-order valence-corrected chi connectivity index (χ1v) is 7.99. The monoisotopic (exact) mass is 294 g/mol. The molecule has 118 valence electrons. The number of carbonyl (C=O) groups excluding carboxylic acids is 2. The molecule has 2 aliphatic rings. The highest BCUT2D eigenvalue weighted by molar-refractivity contribution is 5.87. The summed E-state index contributed by atoms with van der Waals surface area (Å²) >= 11 is 0. The molecule has 0 bridgehead atoms. The van der Waals surface area contributed by atoms with Gasteiger partial charge in [0.25, 0.3) is 0 Å². The van der Waals surface area contributed by atoms with Gasteiger partial charge in [-0.2, -0.15) is 0 Å². The van der Waals surface area contributed by atoms with Crippen LogP contribution in [-0.2, 0) is 19.1 Å². The minimum absolute atomic E-state index is 0.0396. The fraction of sp³-hybridized carbons (Fsp3) is 0.765. The highest BCUT2D eigenvalue weighted by Crippen LogP contribution is 2.35. The van der Waals surface area contributed by atoms with Crippen molar-refractivity contribution >= 4 is 11.9 Å². The van der Waals surface area contributed by atoms with Crippen molar-refractivity contribution in [3.05, 3.63) is 12.2 Å². The number of carbonyl (C=O) groups is 2. The SMILES string of the molecule is C=C(C)C(=O)OC1CCC(C(=O)OC2(C)CCCC2)CC1. The van der Waals surface area contributed by atoms with E-state index in [4.69, 9.17) is 9.47 Å². The molecular formula is C17H26O4. The van der Waals surface area contributed by atoms with Gasteiger partial charge in [0.15, 0.2) is 0 Å². The average Bonchev–Trinajstić information content (AvgIpc) is 2.85. The Morgan fingerprint density at radius 2 is 1.67 bits per heavy atom. The Morgan fingerprint density at radius 3 is 2.19 bits per heavy atom. The highest BCUT2D eigenvalue weighted by Gasteiger charge is 2.36. The second-order valence-electron chi connectivity index (χ2n) is 6.74. The zero-order valence-electron chi connectivity index (χ0n) is 13.2. The van der Waals surface area contributed by atoms with E-state index in [1.807, 2.05) is 6.92 Å². The summed E-state index contributed by atoms with van der Waals surface area (Å²) in [4.78, 5) is 23.7. The minimum atomic E-state index is -0.334. The minimum Gasteiger partial charge on any atom is -0.459 e. The first-order valence-electron chi connectivity index (χ1n) is 7.99. The van der Waals surface area contributed by atoms with E-state index in [1.54, 1.807) is 6.92 Å². The molecule has 0 heterocycles. The Hall–Kier alpha value is -1.32. The van der Waals surface area contributed by atoms with E-state index < -0.39 is 0 Å². The summed E-state index contributed by atoms with van der Waals surface area (Å²) in [5.74, 6) is -0.439. The largest absolute Gasteiger partial charge is 0.459 e. The maximum absolute atomic E-state index is 12.3. The number of ether oxygens (including phenoxy) is 2. The van der Waals surface area contributed by atoms with Crippen LogP contribution in [0.25, 0.3) is 0 Å². The van der Waals surface area contributed by atoms with E-state index in [1.165, 1.54) is 0 Å². The molecule has 0 aromatic heterocycles. The van der Waals surface area contributed by atoms with Crippen molar-refractivity contribution in [2.45, 2.75) is 76.9 Å². The van der Waals surface area contributed by atoms with Crippen molar-refractivity contribution in [1.82, 2.24) is 0 Å². The van der Waals surface area contributed by atoms with E-state index >= 15 is 0 Å². The molecule has 0 aromatic carbocycles. The summed E-state index contributed by atoms with van der Waals surface area (Å²) in [6.07, 6.45) is 7.10. The lowest BCUT2D eigenvalue weighted by atomic mass is 9.87. The van der Waals surface area contributed by atoms with Gasteiger partial charge in [0.1, 0.15) is 11.7 Å². The second kappa shape index (κ2) is 6.63. The third-order valence-corrected chi connectivity index (χ3v) is 4.64. The Balaban J connectivity index is 1.76. The van der Waals surface area contributed by atoms with Crippen molar-refractivity contribution in [3.63, 3.8) is 0 Å². The van der Waals surface area contributed by atoms with Crippen LogP contribution in [0.15, 0.2) is 12.2 Å². The van der Waals surface area contributed by atoms with Gasteiger partial charge in [0.05, 0.1) is 5.92 Å². The Labute approximate surface area is 126 Å². The molecule has 2 fully saturated rings. The van der Waals surface area contributed by atoms with Crippen molar-refractivity contribution < 1.29 is 19.1 Å². The molecule has 0 aromatic rings. The molecule has 0 N–H and O–H groups in total. The molecule has 0 radical (unpaired) electrons. The molecule has 0 aliphatic heterocycles. The molecule has 2 rings (SSSR count). The summed E-state index contributed by atoms with van der Waals surface area (Å²) in [6, 6.07) is 0. The molecule has 21 heavy (non-hydrogen) atoms. The summed E-state index contributed by atoms with van der Waals surface area (Å²) < 4.78 is 11.1. The first-order chi connectivity index (χ1) is 9.89. The molecule has 0 saturated heterocycles. The van der Waals surface area contributed by atoms with Crippen LogP contribution >= 0.6 is 0 Å². The lowest BCUT2D eigenvalue weighted by molar-refractivity contribution is -0.165. The van der Waals surface area contributed by atoms with Crippen molar-refractivity contribution in [3.8, 4) is 0 Å². The molecule has 2 saturated carbocycles. The predicted octanol–water partition coefficient (Wildman–Crippen LogP) is 3.54. The van der Waals surface area contributed by atoms with Crippen LogP contribution in [-0.4, -0.2) is 23.6 Å². The molecule has 2 aliphatic carbocycles. The van der Waals surface area contributed by atoms with Crippen molar-refractivity contribution in [2.75, 3.05) is 0 Å². The van der Waals surface area contributed by atoms with Crippen LogP contribution in [0.5, 0.6) is 0 Å². The lowest BCUT2D eigenvalue weighted by Crippen LogP contribution is -2.34. The molecule has 0 spiro atoms. The summed E-state index contributed by atoms with van der Waals surface area (Å²) in [5.41, 5.74) is 0.172. The van der Waals surface area contributed by atoms with E-state index in [2.05, 4.69) is 6.58 Å². The van der Waals surface area contributed by atoms with Gasteiger partial charge in [0, 0.05) is 5.57 Å². The van der Waals surface area contributed by atoms with Gasteiger partial charge in [-0.25, -0.2) is 4.79 Å². The van der Waals surface area contributed by atoms with Gasteiger partial charge in [0.2, 0.25) is 0 Å². The maximum atomic E-state index is 12.3. The van der Waals surface area contributed by atoms with Crippen LogP contribution in [0.2, 0.25) is 0 Å². The normalized spacial score (nSPS) is 27.9. The molecular weight excluding hydrogens is 268 g/mol. The van der Waals surface area contributed by atoms with Crippen LogP contribution in [0.4, 0.5) is 0 Å².